The van der Waals surface area contributed by atoms with Crippen molar-refractivity contribution in [1.29, 1.82) is 0 Å². The predicted molar refractivity (Wildman–Crippen MR) is 197 cm³/mol. The van der Waals surface area contributed by atoms with Gasteiger partial charge < -0.3 is 4.74 Å². The molecule has 0 bridgehead atoms. The van der Waals surface area contributed by atoms with Gasteiger partial charge in [-0.2, -0.15) is 0 Å². The average Bonchev–Trinajstić information content (AvgIpc) is 3.03. The van der Waals surface area contributed by atoms with E-state index in [9.17, 15) is 4.79 Å². The summed E-state index contributed by atoms with van der Waals surface area (Å²) in [5.74, 6) is -0.0672. The third kappa shape index (κ3) is 39.0. The topological polar surface area (TPSA) is 26.3 Å². The second-order valence-electron chi connectivity index (χ2n) is 13.7. The van der Waals surface area contributed by atoms with Crippen molar-refractivity contribution in [3.05, 3.63) is 24.5 Å². The van der Waals surface area contributed by atoms with Crippen LogP contribution in [-0.2, 0) is 9.53 Å². The van der Waals surface area contributed by atoms with Crippen molar-refractivity contribution in [2.45, 2.75) is 239 Å². The Bertz CT molecular complexity index is 593. The molecule has 0 aromatic rings. The summed E-state index contributed by atoms with van der Waals surface area (Å²) in [5.41, 5.74) is 0. The van der Waals surface area contributed by atoms with Crippen molar-refractivity contribution in [3.63, 3.8) is 0 Å². The van der Waals surface area contributed by atoms with E-state index >= 15 is 0 Å². The van der Waals surface area contributed by atoms with Gasteiger partial charge in [0.1, 0.15) is 0 Å². The number of carbonyl (C=O) groups is 1. The summed E-state index contributed by atoms with van der Waals surface area (Å²) in [6.07, 6.45) is 55.0. The van der Waals surface area contributed by atoms with Crippen LogP contribution in [0, 0.1) is 0 Å². The number of hydrogen-bond donors (Lipinski definition) is 0. The molecule has 0 aromatic heterocycles. The number of rotatable bonds is 37. The molecule has 2 nitrogen and oxygen atoms in total. The first-order chi connectivity index (χ1) is 21.8. The molecule has 2 heteroatoms. The number of unbranched alkanes of at least 4 members (excludes halogenated alkanes) is 31. The van der Waals surface area contributed by atoms with Gasteiger partial charge in [0, 0.05) is 6.42 Å². The van der Waals surface area contributed by atoms with Gasteiger partial charge in [-0.15, -0.1) is 0 Å². The van der Waals surface area contributed by atoms with Crippen molar-refractivity contribution >= 4 is 5.97 Å². The van der Waals surface area contributed by atoms with Crippen LogP contribution in [0.5, 0.6) is 0 Å². The summed E-state index contributed by atoms with van der Waals surface area (Å²) in [5, 5.41) is 0. The van der Waals surface area contributed by atoms with Gasteiger partial charge in [-0.25, -0.2) is 0 Å². The van der Waals surface area contributed by atoms with Crippen LogP contribution in [0.2, 0.25) is 0 Å². The first-order valence-electron chi connectivity index (χ1n) is 20.3. The molecule has 0 heterocycles. The maximum atomic E-state index is 11.9. The zero-order valence-corrected chi connectivity index (χ0v) is 30.4. The molecule has 0 spiro atoms. The third-order valence-electron chi connectivity index (χ3n) is 9.16. The highest BCUT2D eigenvalue weighted by Gasteiger charge is 2.00. The van der Waals surface area contributed by atoms with Gasteiger partial charge in [0.25, 0.3) is 0 Å². The largest absolute Gasteiger partial charge is 0.435 e. The lowest BCUT2D eigenvalue weighted by molar-refractivity contribution is -0.138. The van der Waals surface area contributed by atoms with Gasteiger partial charge in [-0.05, 0) is 51.0 Å². The van der Waals surface area contributed by atoms with Crippen LogP contribution in [-0.4, -0.2) is 5.97 Å². The Morgan fingerprint density at radius 1 is 0.364 bits per heavy atom. The molecule has 0 amide bonds. The van der Waals surface area contributed by atoms with E-state index in [2.05, 4.69) is 26.0 Å². The van der Waals surface area contributed by atoms with Crippen LogP contribution < -0.4 is 0 Å². The molecule has 0 aromatic carbocycles. The zero-order chi connectivity index (χ0) is 31.9. The second-order valence-corrected chi connectivity index (χ2v) is 13.7. The zero-order valence-electron chi connectivity index (χ0n) is 30.4. The van der Waals surface area contributed by atoms with E-state index in [0.29, 0.717) is 6.42 Å². The van der Waals surface area contributed by atoms with Crippen LogP contribution in [0.15, 0.2) is 24.5 Å². The van der Waals surface area contributed by atoms with Crippen molar-refractivity contribution in [2.24, 2.45) is 0 Å². The Morgan fingerprint density at radius 3 is 0.977 bits per heavy atom. The molecule has 0 aliphatic heterocycles. The SMILES string of the molecule is CCCCCCCC/C=C\CCCCCCCC(=O)OC=CCCCCCCCCCCCCCCCCCCCCCC. The van der Waals surface area contributed by atoms with Crippen LogP contribution in [0.3, 0.4) is 0 Å². The van der Waals surface area contributed by atoms with E-state index in [4.69, 9.17) is 4.74 Å². The molecule has 0 rings (SSSR count). The normalized spacial score (nSPS) is 11.8. The third-order valence-corrected chi connectivity index (χ3v) is 9.16. The van der Waals surface area contributed by atoms with Crippen LogP contribution in [0.1, 0.15) is 239 Å². The predicted octanol–water partition coefficient (Wildman–Crippen LogP) is 15.3. The first kappa shape index (κ1) is 43.0. The second kappa shape index (κ2) is 40.0. The van der Waals surface area contributed by atoms with Crippen molar-refractivity contribution in [2.75, 3.05) is 0 Å². The molecule has 0 unspecified atom stereocenters. The lowest BCUT2D eigenvalue weighted by Crippen LogP contribution is -1.98. The Balaban J connectivity index is 3.23. The Morgan fingerprint density at radius 2 is 0.636 bits per heavy atom. The summed E-state index contributed by atoms with van der Waals surface area (Å²) >= 11 is 0. The quantitative estimate of drug-likeness (QED) is 0.0300. The summed E-state index contributed by atoms with van der Waals surface area (Å²) in [6.45, 7) is 4.57. The van der Waals surface area contributed by atoms with Crippen LogP contribution >= 0.6 is 0 Å². The monoisotopic (exact) mass is 617 g/mol. The molecule has 0 fully saturated rings. The van der Waals surface area contributed by atoms with Gasteiger partial charge in [0.05, 0.1) is 6.26 Å². The molecule has 0 radical (unpaired) electrons. The average molecular weight is 617 g/mol. The van der Waals surface area contributed by atoms with Gasteiger partial charge in [-0.3, -0.25) is 4.79 Å². The number of hydrogen-bond acceptors (Lipinski definition) is 2. The number of allylic oxidation sites excluding steroid dienone is 3. The van der Waals surface area contributed by atoms with Crippen molar-refractivity contribution < 1.29 is 9.53 Å². The summed E-state index contributed by atoms with van der Waals surface area (Å²) in [7, 11) is 0. The van der Waals surface area contributed by atoms with E-state index in [1.807, 2.05) is 6.08 Å². The van der Waals surface area contributed by atoms with E-state index in [-0.39, 0.29) is 5.97 Å². The smallest absolute Gasteiger partial charge is 0.310 e. The highest BCUT2D eigenvalue weighted by Crippen LogP contribution is 2.15. The van der Waals surface area contributed by atoms with Crippen molar-refractivity contribution in [1.82, 2.24) is 0 Å². The Kier molecular flexibility index (Phi) is 39.0. The molecule has 0 atom stereocenters. The lowest BCUT2D eigenvalue weighted by Gasteiger charge is -2.04. The van der Waals surface area contributed by atoms with Crippen LogP contribution in [0.25, 0.3) is 0 Å². The molecule has 0 saturated carbocycles. The van der Waals surface area contributed by atoms with Crippen molar-refractivity contribution in [3.8, 4) is 0 Å². The first-order valence-corrected chi connectivity index (χ1v) is 20.3. The van der Waals surface area contributed by atoms with E-state index in [1.54, 1.807) is 6.26 Å². The van der Waals surface area contributed by atoms with Gasteiger partial charge >= 0.3 is 5.97 Å². The van der Waals surface area contributed by atoms with Gasteiger partial charge in [-0.1, -0.05) is 199 Å². The standard InChI is InChI=1S/C42H80O2/c1-3-5-7-9-11-13-15-17-19-20-21-22-23-24-25-27-29-31-33-35-37-39-41-44-42(43)40-38-36-34-32-30-28-26-18-16-14-12-10-8-6-4-2/h18,26,39,41H,3-17,19-25,27-38,40H2,1-2H3/b26-18-,41-39?. The molecule has 260 valence electrons. The van der Waals surface area contributed by atoms with Gasteiger partial charge in [0.15, 0.2) is 0 Å². The minimum atomic E-state index is -0.0672. The molecule has 0 aliphatic carbocycles. The minimum absolute atomic E-state index is 0.0672. The fourth-order valence-electron chi connectivity index (χ4n) is 6.11. The molecule has 44 heavy (non-hydrogen) atoms. The lowest BCUT2D eigenvalue weighted by atomic mass is 10.0. The number of ether oxygens (including phenoxy) is 1. The summed E-state index contributed by atoms with van der Waals surface area (Å²) < 4.78 is 5.28. The maximum absolute atomic E-state index is 11.9. The van der Waals surface area contributed by atoms with E-state index in [1.165, 1.54) is 199 Å². The van der Waals surface area contributed by atoms with Gasteiger partial charge in [0.2, 0.25) is 0 Å². The molecular formula is C42H80O2. The van der Waals surface area contributed by atoms with Crippen LogP contribution in [0.4, 0.5) is 0 Å². The fourth-order valence-corrected chi connectivity index (χ4v) is 6.11. The molecular weight excluding hydrogens is 536 g/mol. The summed E-state index contributed by atoms with van der Waals surface area (Å²) in [6, 6.07) is 0. The van der Waals surface area contributed by atoms with E-state index < -0.39 is 0 Å². The maximum Gasteiger partial charge on any atom is 0.310 e. The summed E-state index contributed by atoms with van der Waals surface area (Å²) in [4.78, 5) is 11.9. The molecule has 0 N–H and O–H groups in total. The molecule has 0 aliphatic rings. The number of carbonyl (C=O) groups excluding carboxylic acids is 1. The minimum Gasteiger partial charge on any atom is -0.435 e. The Labute approximate surface area is 278 Å². The Hall–Kier alpha value is -1.05. The molecule has 0 saturated heterocycles. The fraction of sp³-hybridized carbons (Fsp3) is 0.881. The number of esters is 1. The highest BCUT2D eigenvalue weighted by molar-refractivity contribution is 5.69. The van der Waals surface area contributed by atoms with E-state index in [0.717, 1.165) is 19.3 Å². The highest BCUT2D eigenvalue weighted by atomic mass is 16.5.